The molecular weight excluding hydrogens is 439 g/mol. The summed E-state index contributed by atoms with van der Waals surface area (Å²) in [6.07, 6.45) is 2.32. The van der Waals surface area contributed by atoms with Crippen LogP contribution in [0.2, 0.25) is 0 Å². The largest absolute Gasteiger partial charge is 0.340 e. The number of fused-ring (bicyclic) bond motifs is 1. The van der Waals surface area contributed by atoms with Crippen molar-refractivity contribution in [3.63, 3.8) is 0 Å². The van der Waals surface area contributed by atoms with Crippen LogP contribution in [0.25, 0.3) is 17.0 Å². The summed E-state index contributed by atoms with van der Waals surface area (Å²) in [4.78, 5) is 37.8. The number of hydrogen-bond acceptors (Lipinski definition) is 7. The molecule has 4 aromatic rings. The van der Waals surface area contributed by atoms with Gasteiger partial charge in [-0.2, -0.15) is 4.98 Å². The fourth-order valence-corrected chi connectivity index (χ4v) is 4.01. The standard InChI is InChI=1S/C24H23FN6O3/c25-18-6-4-17(5-7-18)24-27-21(34-28-24)8-9-22(32)30-13-11-29(12-14-30)16-19-15-23(33)31-10-2-1-3-20(31)26-19/h1-7,10,15H,8-9,11-14,16H2. The van der Waals surface area contributed by atoms with Gasteiger partial charge in [-0.05, 0) is 36.4 Å². The molecule has 0 aliphatic carbocycles. The van der Waals surface area contributed by atoms with E-state index < -0.39 is 0 Å². The van der Waals surface area contributed by atoms with Gasteiger partial charge in [0, 0.05) is 63.4 Å². The monoisotopic (exact) mass is 462 g/mol. The fraction of sp³-hybridized carbons (Fsp3) is 0.292. The summed E-state index contributed by atoms with van der Waals surface area (Å²) in [5, 5.41) is 3.91. The van der Waals surface area contributed by atoms with E-state index in [-0.39, 0.29) is 23.7 Å². The Balaban J connectivity index is 1.12. The van der Waals surface area contributed by atoms with E-state index >= 15 is 0 Å². The van der Waals surface area contributed by atoms with Gasteiger partial charge in [-0.25, -0.2) is 9.37 Å². The average Bonchev–Trinajstić information content (AvgIpc) is 3.33. The molecule has 0 N–H and O–H groups in total. The Bertz CT molecular complexity index is 1360. The molecule has 3 aromatic heterocycles. The van der Waals surface area contributed by atoms with Crippen LogP contribution in [0.15, 0.2) is 64.0 Å². The lowest BCUT2D eigenvalue weighted by Crippen LogP contribution is -2.48. The third kappa shape index (κ3) is 4.86. The molecule has 174 valence electrons. The molecule has 0 bridgehead atoms. The highest BCUT2D eigenvalue weighted by Gasteiger charge is 2.22. The van der Waals surface area contributed by atoms with Crippen LogP contribution < -0.4 is 5.56 Å². The van der Waals surface area contributed by atoms with Gasteiger partial charge in [0.2, 0.25) is 17.6 Å². The molecule has 1 aliphatic heterocycles. The van der Waals surface area contributed by atoms with Crippen LogP contribution in [-0.4, -0.2) is 61.4 Å². The molecular formula is C24H23FN6O3. The number of carbonyl (C=O) groups excluding carboxylic acids is 1. The molecule has 9 nitrogen and oxygen atoms in total. The summed E-state index contributed by atoms with van der Waals surface area (Å²) in [5.74, 6) is 0.446. The van der Waals surface area contributed by atoms with Crippen LogP contribution in [0.4, 0.5) is 4.39 Å². The second-order valence-electron chi connectivity index (χ2n) is 8.19. The molecule has 0 unspecified atom stereocenters. The van der Waals surface area contributed by atoms with Crippen molar-refractivity contribution >= 4 is 11.6 Å². The SMILES string of the molecule is O=C(CCc1nc(-c2ccc(F)cc2)no1)N1CCN(Cc2cc(=O)n3ccccc3n2)CC1. The summed E-state index contributed by atoms with van der Waals surface area (Å²) >= 11 is 0. The van der Waals surface area contributed by atoms with Gasteiger partial charge in [0.25, 0.3) is 5.56 Å². The number of piperazine rings is 1. The zero-order valence-electron chi connectivity index (χ0n) is 18.4. The topological polar surface area (TPSA) is 96.8 Å². The number of benzene rings is 1. The van der Waals surface area contributed by atoms with E-state index in [0.717, 1.165) is 5.69 Å². The number of carbonyl (C=O) groups is 1. The molecule has 0 saturated carbocycles. The predicted molar refractivity (Wildman–Crippen MR) is 121 cm³/mol. The second kappa shape index (κ2) is 9.52. The Hall–Kier alpha value is -3.92. The smallest absolute Gasteiger partial charge is 0.258 e. The minimum atomic E-state index is -0.333. The lowest BCUT2D eigenvalue weighted by Gasteiger charge is -2.34. The Morgan fingerprint density at radius 2 is 1.82 bits per heavy atom. The maximum atomic E-state index is 13.1. The Morgan fingerprint density at radius 3 is 2.62 bits per heavy atom. The minimum Gasteiger partial charge on any atom is -0.340 e. The van der Waals surface area contributed by atoms with Crippen molar-refractivity contribution in [1.29, 1.82) is 0 Å². The molecule has 0 radical (unpaired) electrons. The number of nitrogens with zero attached hydrogens (tertiary/aromatic N) is 6. The van der Waals surface area contributed by atoms with Gasteiger partial charge in [0.1, 0.15) is 11.5 Å². The summed E-state index contributed by atoms with van der Waals surface area (Å²) in [5.41, 5.74) is 1.91. The van der Waals surface area contributed by atoms with E-state index in [9.17, 15) is 14.0 Å². The van der Waals surface area contributed by atoms with Crippen LogP contribution in [-0.2, 0) is 17.8 Å². The normalized spacial score (nSPS) is 14.6. The highest BCUT2D eigenvalue weighted by Crippen LogP contribution is 2.17. The van der Waals surface area contributed by atoms with E-state index in [1.54, 1.807) is 30.5 Å². The van der Waals surface area contributed by atoms with E-state index in [0.29, 0.717) is 62.1 Å². The number of aryl methyl sites for hydroxylation is 1. The molecule has 10 heteroatoms. The molecule has 0 spiro atoms. The van der Waals surface area contributed by atoms with E-state index in [2.05, 4.69) is 20.0 Å². The van der Waals surface area contributed by atoms with Crippen molar-refractivity contribution in [3.8, 4) is 11.4 Å². The summed E-state index contributed by atoms with van der Waals surface area (Å²) in [7, 11) is 0. The molecule has 34 heavy (non-hydrogen) atoms. The van der Waals surface area contributed by atoms with Crippen LogP contribution >= 0.6 is 0 Å². The Kier molecular flexibility index (Phi) is 6.13. The zero-order valence-corrected chi connectivity index (χ0v) is 18.4. The first-order chi connectivity index (χ1) is 16.5. The lowest BCUT2D eigenvalue weighted by molar-refractivity contribution is -0.133. The molecule has 4 heterocycles. The quantitative estimate of drug-likeness (QED) is 0.433. The number of hydrogen-bond donors (Lipinski definition) is 0. The van der Waals surface area contributed by atoms with Gasteiger partial charge in [0.05, 0.1) is 5.69 Å². The molecule has 1 aromatic carbocycles. The molecule has 1 saturated heterocycles. The van der Waals surface area contributed by atoms with Gasteiger partial charge in [-0.1, -0.05) is 11.2 Å². The van der Waals surface area contributed by atoms with Crippen LogP contribution in [0.1, 0.15) is 18.0 Å². The number of aromatic nitrogens is 4. The van der Waals surface area contributed by atoms with Crippen molar-refractivity contribution in [2.45, 2.75) is 19.4 Å². The Labute approximate surface area is 194 Å². The first-order valence-corrected chi connectivity index (χ1v) is 11.1. The minimum absolute atomic E-state index is 0.0308. The first-order valence-electron chi connectivity index (χ1n) is 11.1. The van der Waals surface area contributed by atoms with E-state index in [4.69, 9.17) is 4.52 Å². The van der Waals surface area contributed by atoms with Crippen molar-refractivity contribution < 1.29 is 13.7 Å². The lowest BCUT2D eigenvalue weighted by atomic mass is 10.2. The zero-order chi connectivity index (χ0) is 23.5. The van der Waals surface area contributed by atoms with Gasteiger partial charge < -0.3 is 9.42 Å². The predicted octanol–water partition coefficient (Wildman–Crippen LogP) is 2.16. The average molecular weight is 462 g/mol. The molecule has 1 amide bonds. The molecule has 0 atom stereocenters. The first kappa shape index (κ1) is 21.9. The van der Waals surface area contributed by atoms with Crippen molar-refractivity contribution in [1.82, 2.24) is 29.3 Å². The van der Waals surface area contributed by atoms with Crippen LogP contribution in [0.5, 0.6) is 0 Å². The van der Waals surface area contributed by atoms with E-state index in [1.807, 2.05) is 17.0 Å². The van der Waals surface area contributed by atoms with Gasteiger partial charge >= 0.3 is 0 Å². The molecule has 1 aliphatic rings. The van der Waals surface area contributed by atoms with Gasteiger partial charge in [0.15, 0.2) is 0 Å². The van der Waals surface area contributed by atoms with E-state index in [1.165, 1.54) is 16.5 Å². The Morgan fingerprint density at radius 1 is 1.03 bits per heavy atom. The van der Waals surface area contributed by atoms with Crippen LogP contribution in [0, 0.1) is 5.82 Å². The van der Waals surface area contributed by atoms with Gasteiger partial charge in [-0.15, -0.1) is 0 Å². The molecule has 5 rings (SSSR count). The van der Waals surface area contributed by atoms with Gasteiger partial charge in [-0.3, -0.25) is 18.9 Å². The summed E-state index contributed by atoms with van der Waals surface area (Å²) < 4.78 is 19.8. The highest BCUT2D eigenvalue weighted by molar-refractivity contribution is 5.76. The van der Waals surface area contributed by atoms with Crippen LogP contribution in [0.3, 0.4) is 0 Å². The molecule has 1 fully saturated rings. The third-order valence-electron chi connectivity index (χ3n) is 5.86. The maximum Gasteiger partial charge on any atom is 0.258 e. The maximum absolute atomic E-state index is 13.1. The number of halogens is 1. The third-order valence-corrected chi connectivity index (χ3v) is 5.86. The summed E-state index contributed by atoms with van der Waals surface area (Å²) in [6, 6.07) is 12.9. The number of amides is 1. The fourth-order valence-electron chi connectivity index (χ4n) is 4.01. The summed E-state index contributed by atoms with van der Waals surface area (Å²) in [6.45, 7) is 3.19. The van der Waals surface area contributed by atoms with Crippen molar-refractivity contribution in [2.24, 2.45) is 0 Å². The highest BCUT2D eigenvalue weighted by atomic mass is 19.1. The second-order valence-corrected chi connectivity index (χ2v) is 8.19. The number of rotatable bonds is 6. The van der Waals surface area contributed by atoms with Crippen molar-refractivity contribution in [3.05, 3.63) is 82.5 Å². The van der Waals surface area contributed by atoms with Crippen molar-refractivity contribution in [2.75, 3.05) is 26.2 Å². The number of pyridine rings is 1.